The van der Waals surface area contributed by atoms with Crippen LogP contribution in [0.25, 0.3) is 0 Å². The average molecular weight is 230 g/mol. The molecule has 3 nitrogen and oxygen atoms in total. The van der Waals surface area contributed by atoms with Gasteiger partial charge in [0, 0.05) is 26.2 Å². The molecule has 0 spiro atoms. The number of rotatable bonds is 2. The molecular formula is C14H18N2O. The third-order valence-electron chi connectivity index (χ3n) is 4.06. The maximum atomic E-state index is 12.1. The number of likely N-dealkylation sites (N-methyl/N-ethyl adjacent to an activating group) is 1. The Balaban J connectivity index is 1.69. The van der Waals surface area contributed by atoms with Gasteiger partial charge in [0.05, 0.1) is 5.92 Å². The second kappa shape index (κ2) is 4.15. The number of fused-ring (bicyclic) bond motifs is 1. The van der Waals surface area contributed by atoms with Crippen molar-refractivity contribution in [2.75, 3.05) is 20.1 Å². The highest BCUT2D eigenvalue weighted by molar-refractivity contribution is 5.80. The predicted molar refractivity (Wildman–Crippen MR) is 66.8 cm³/mol. The van der Waals surface area contributed by atoms with Crippen LogP contribution in [0.3, 0.4) is 0 Å². The topological polar surface area (TPSA) is 32.3 Å². The van der Waals surface area contributed by atoms with Gasteiger partial charge >= 0.3 is 0 Å². The summed E-state index contributed by atoms with van der Waals surface area (Å²) in [5.74, 6) is 0.519. The van der Waals surface area contributed by atoms with Crippen LogP contribution in [0.1, 0.15) is 11.1 Å². The van der Waals surface area contributed by atoms with Crippen LogP contribution in [0.5, 0.6) is 0 Å². The molecule has 17 heavy (non-hydrogen) atoms. The van der Waals surface area contributed by atoms with Crippen molar-refractivity contribution in [3.05, 3.63) is 35.4 Å². The molecule has 1 fully saturated rings. The van der Waals surface area contributed by atoms with Crippen LogP contribution in [0.4, 0.5) is 0 Å². The van der Waals surface area contributed by atoms with Gasteiger partial charge in [-0.15, -0.1) is 0 Å². The van der Waals surface area contributed by atoms with Crippen molar-refractivity contribution >= 4 is 5.91 Å². The first-order valence-electron chi connectivity index (χ1n) is 6.30. The molecule has 0 unspecified atom stereocenters. The zero-order chi connectivity index (χ0) is 11.8. The molecule has 2 aliphatic rings. The van der Waals surface area contributed by atoms with Crippen LogP contribution in [0.15, 0.2) is 24.3 Å². The molecule has 1 aromatic carbocycles. The smallest absolute Gasteiger partial charge is 0.228 e. The van der Waals surface area contributed by atoms with E-state index in [1.807, 2.05) is 11.9 Å². The van der Waals surface area contributed by atoms with Crippen molar-refractivity contribution < 1.29 is 4.79 Å². The summed E-state index contributed by atoms with van der Waals surface area (Å²) in [5.41, 5.74) is 2.81. The molecular weight excluding hydrogens is 212 g/mol. The quantitative estimate of drug-likeness (QED) is 0.816. The van der Waals surface area contributed by atoms with Crippen LogP contribution in [0.2, 0.25) is 0 Å². The molecule has 0 bridgehead atoms. The summed E-state index contributed by atoms with van der Waals surface area (Å²) in [6.07, 6.45) is 2.02. The zero-order valence-corrected chi connectivity index (χ0v) is 10.1. The van der Waals surface area contributed by atoms with Crippen LogP contribution >= 0.6 is 0 Å². The minimum Gasteiger partial charge on any atom is -0.342 e. The maximum absolute atomic E-state index is 12.1. The first-order chi connectivity index (χ1) is 8.25. The third kappa shape index (κ3) is 1.84. The molecule has 1 aromatic rings. The summed E-state index contributed by atoms with van der Waals surface area (Å²) in [5, 5.41) is 3.16. The van der Waals surface area contributed by atoms with E-state index in [1.165, 1.54) is 11.1 Å². The number of carbonyl (C=O) groups excluding carboxylic acids is 1. The minimum absolute atomic E-state index is 0.212. The molecule has 1 aliphatic carbocycles. The lowest BCUT2D eigenvalue weighted by Crippen LogP contribution is -2.53. The summed E-state index contributed by atoms with van der Waals surface area (Å²) in [7, 11) is 1.96. The van der Waals surface area contributed by atoms with Gasteiger partial charge in [0.15, 0.2) is 0 Å². The Morgan fingerprint density at radius 1 is 1.24 bits per heavy atom. The molecule has 1 heterocycles. The van der Waals surface area contributed by atoms with E-state index >= 15 is 0 Å². The first kappa shape index (κ1) is 10.8. The highest BCUT2D eigenvalue weighted by atomic mass is 16.2. The lowest BCUT2D eigenvalue weighted by Gasteiger charge is -2.33. The Kier molecular flexibility index (Phi) is 2.63. The van der Waals surface area contributed by atoms with E-state index in [2.05, 4.69) is 29.6 Å². The molecule has 0 radical (unpaired) electrons. The normalized spacial score (nSPS) is 19.8. The molecule has 90 valence electrons. The highest BCUT2D eigenvalue weighted by Gasteiger charge is 2.33. The van der Waals surface area contributed by atoms with Gasteiger partial charge in [-0.05, 0) is 24.0 Å². The molecule has 3 rings (SSSR count). The number of carbonyl (C=O) groups is 1. The van der Waals surface area contributed by atoms with Crippen LogP contribution in [0, 0.1) is 5.92 Å². The SMILES string of the molecule is CN(C(=O)C1CNC1)C1Cc2ccccc2C1. The van der Waals surface area contributed by atoms with Crippen molar-refractivity contribution in [1.29, 1.82) is 0 Å². The lowest BCUT2D eigenvalue weighted by molar-refractivity contribution is -0.137. The fourth-order valence-corrected chi connectivity index (χ4v) is 2.74. The summed E-state index contributed by atoms with van der Waals surface area (Å²) in [6, 6.07) is 8.88. The number of nitrogens with zero attached hydrogens (tertiary/aromatic N) is 1. The van der Waals surface area contributed by atoms with Crippen molar-refractivity contribution in [3.8, 4) is 0 Å². The van der Waals surface area contributed by atoms with Crippen molar-refractivity contribution in [3.63, 3.8) is 0 Å². The van der Waals surface area contributed by atoms with Crippen LogP contribution in [-0.2, 0) is 17.6 Å². The van der Waals surface area contributed by atoms with Gasteiger partial charge in [0.1, 0.15) is 0 Å². The van der Waals surface area contributed by atoms with Gasteiger partial charge in [-0.1, -0.05) is 24.3 Å². The van der Waals surface area contributed by atoms with E-state index in [1.54, 1.807) is 0 Å². The molecule has 1 saturated heterocycles. The van der Waals surface area contributed by atoms with Crippen molar-refractivity contribution in [2.24, 2.45) is 5.92 Å². The van der Waals surface area contributed by atoms with Crippen molar-refractivity contribution in [1.82, 2.24) is 10.2 Å². The van der Waals surface area contributed by atoms with Gasteiger partial charge in [0.2, 0.25) is 5.91 Å². The predicted octanol–water partition coefficient (Wildman–Crippen LogP) is 0.832. The van der Waals surface area contributed by atoms with E-state index in [0.717, 1.165) is 25.9 Å². The maximum Gasteiger partial charge on any atom is 0.228 e. The van der Waals surface area contributed by atoms with Crippen LogP contribution < -0.4 is 5.32 Å². The molecule has 0 aromatic heterocycles. The van der Waals surface area contributed by atoms with Gasteiger partial charge in [0.25, 0.3) is 0 Å². The monoisotopic (exact) mass is 230 g/mol. The minimum atomic E-state index is 0.212. The van der Waals surface area contributed by atoms with E-state index in [9.17, 15) is 4.79 Å². The van der Waals surface area contributed by atoms with Gasteiger partial charge in [-0.2, -0.15) is 0 Å². The van der Waals surface area contributed by atoms with E-state index < -0.39 is 0 Å². The van der Waals surface area contributed by atoms with E-state index in [0.29, 0.717) is 11.9 Å². The number of nitrogens with one attached hydrogen (secondary N) is 1. The van der Waals surface area contributed by atoms with Crippen LogP contribution in [-0.4, -0.2) is 37.0 Å². The summed E-state index contributed by atoms with van der Waals surface area (Å²) < 4.78 is 0. The van der Waals surface area contributed by atoms with E-state index in [-0.39, 0.29) is 5.92 Å². The summed E-state index contributed by atoms with van der Waals surface area (Å²) >= 11 is 0. The molecule has 0 saturated carbocycles. The second-order valence-corrected chi connectivity index (χ2v) is 5.14. The first-order valence-corrected chi connectivity index (χ1v) is 6.30. The summed E-state index contributed by atoms with van der Waals surface area (Å²) in [4.78, 5) is 14.1. The third-order valence-corrected chi connectivity index (χ3v) is 4.06. The zero-order valence-electron chi connectivity index (χ0n) is 10.1. The number of hydrogen-bond donors (Lipinski definition) is 1. The standard InChI is InChI=1S/C14H18N2O/c1-16(14(17)12-8-15-9-12)13-6-10-4-2-3-5-11(10)7-13/h2-5,12-13,15H,6-9H2,1H3. The molecule has 1 aliphatic heterocycles. The Morgan fingerprint density at radius 2 is 1.82 bits per heavy atom. The van der Waals surface area contributed by atoms with Gasteiger partial charge in [-0.25, -0.2) is 0 Å². The number of benzene rings is 1. The molecule has 1 amide bonds. The Morgan fingerprint density at radius 3 is 2.29 bits per heavy atom. The largest absolute Gasteiger partial charge is 0.342 e. The van der Waals surface area contributed by atoms with Crippen molar-refractivity contribution in [2.45, 2.75) is 18.9 Å². The highest BCUT2D eigenvalue weighted by Crippen LogP contribution is 2.25. The lowest BCUT2D eigenvalue weighted by atomic mass is 10.0. The Hall–Kier alpha value is -1.35. The number of amides is 1. The van der Waals surface area contributed by atoms with E-state index in [4.69, 9.17) is 0 Å². The number of hydrogen-bond acceptors (Lipinski definition) is 2. The second-order valence-electron chi connectivity index (χ2n) is 5.14. The van der Waals surface area contributed by atoms with Gasteiger partial charge in [-0.3, -0.25) is 4.79 Å². The van der Waals surface area contributed by atoms with Gasteiger partial charge < -0.3 is 10.2 Å². The molecule has 1 N–H and O–H groups in total. The molecule has 0 atom stereocenters. The molecule has 3 heteroatoms. The Labute approximate surface area is 102 Å². The fraction of sp³-hybridized carbons (Fsp3) is 0.500. The fourth-order valence-electron chi connectivity index (χ4n) is 2.74. The average Bonchev–Trinajstić information content (AvgIpc) is 2.68. The summed E-state index contributed by atoms with van der Waals surface area (Å²) in [6.45, 7) is 1.70. The Bertz CT molecular complexity index is 415.